The van der Waals surface area contributed by atoms with E-state index in [1.165, 1.54) is 19.3 Å². The van der Waals surface area contributed by atoms with Gasteiger partial charge in [-0.3, -0.25) is 0 Å². The maximum Gasteiger partial charge on any atom is 0.323 e. The summed E-state index contributed by atoms with van der Waals surface area (Å²) >= 11 is 0. The number of hydrogen-bond donors (Lipinski definition) is 1. The quantitative estimate of drug-likeness (QED) is 0.587. The maximum atomic E-state index is 5.65. The van der Waals surface area contributed by atoms with Crippen LogP contribution in [0.2, 0.25) is 0 Å². The largest absolute Gasteiger partial charge is 0.463 e. The monoisotopic (exact) mass is 291 g/mol. The first-order valence-electron chi connectivity index (χ1n) is 7.82. The van der Waals surface area contributed by atoms with Crippen LogP contribution in [0.1, 0.15) is 39.0 Å². The zero-order valence-electron chi connectivity index (χ0n) is 12.8. The lowest BCUT2D eigenvalue weighted by atomic mass is 10.1. The molecule has 1 fully saturated rings. The van der Waals surface area contributed by atoms with Gasteiger partial charge in [-0.05, 0) is 39.0 Å². The number of hydrogen-bond acceptors (Lipinski definition) is 6. The maximum absolute atomic E-state index is 5.65. The standard InChI is InChI=1S/C15H25N5O/c1-3-5-9-12-21-15-18-13(16-4-2)17-14(19-15)20-10-7-6-8-11-20/h3H,1,4-12H2,2H3,(H,16,17,18,19). The molecular weight excluding hydrogens is 266 g/mol. The lowest BCUT2D eigenvalue weighted by Crippen LogP contribution is -2.31. The van der Waals surface area contributed by atoms with Crippen LogP contribution in [0.5, 0.6) is 6.01 Å². The average Bonchev–Trinajstić information content (AvgIpc) is 2.53. The van der Waals surface area contributed by atoms with Gasteiger partial charge in [-0.1, -0.05) is 6.08 Å². The number of ether oxygens (including phenoxy) is 1. The minimum Gasteiger partial charge on any atom is -0.463 e. The minimum atomic E-state index is 0.408. The van der Waals surface area contributed by atoms with Crippen molar-refractivity contribution in [3.05, 3.63) is 12.7 Å². The SMILES string of the molecule is C=CCCCOc1nc(NCC)nc(N2CCCCC2)n1. The number of nitrogens with zero attached hydrogens (tertiary/aromatic N) is 4. The van der Waals surface area contributed by atoms with Crippen molar-refractivity contribution in [3.63, 3.8) is 0 Å². The van der Waals surface area contributed by atoms with Gasteiger partial charge in [0.15, 0.2) is 0 Å². The Morgan fingerprint density at radius 1 is 1.24 bits per heavy atom. The Bertz CT molecular complexity index is 446. The van der Waals surface area contributed by atoms with Crippen molar-refractivity contribution in [1.29, 1.82) is 0 Å². The van der Waals surface area contributed by atoms with Gasteiger partial charge in [-0.15, -0.1) is 6.58 Å². The molecule has 1 saturated heterocycles. The summed E-state index contributed by atoms with van der Waals surface area (Å²) in [4.78, 5) is 15.5. The van der Waals surface area contributed by atoms with Gasteiger partial charge in [-0.2, -0.15) is 15.0 Å². The molecule has 116 valence electrons. The van der Waals surface area contributed by atoms with E-state index >= 15 is 0 Å². The van der Waals surface area contributed by atoms with E-state index in [-0.39, 0.29) is 0 Å². The third-order valence-electron chi connectivity index (χ3n) is 3.36. The molecule has 1 aromatic rings. The first-order valence-corrected chi connectivity index (χ1v) is 7.82. The van der Waals surface area contributed by atoms with Crippen molar-refractivity contribution in [2.45, 2.75) is 39.0 Å². The first-order chi connectivity index (χ1) is 10.3. The molecule has 1 N–H and O–H groups in total. The van der Waals surface area contributed by atoms with Gasteiger partial charge < -0.3 is 15.0 Å². The molecule has 21 heavy (non-hydrogen) atoms. The highest BCUT2D eigenvalue weighted by Crippen LogP contribution is 2.19. The van der Waals surface area contributed by atoms with Crippen molar-refractivity contribution in [2.75, 3.05) is 36.5 Å². The van der Waals surface area contributed by atoms with Gasteiger partial charge >= 0.3 is 6.01 Å². The number of allylic oxidation sites excluding steroid dienone is 1. The highest BCUT2D eigenvalue weighted by atomic mass is 16.5. The molecule has 2 heterocycles. The van der Waals surface area contributed by atoms with Crippen LogP contribution in [0, 0.1) is 0 Å². The molecule has 0 saturated carbocycles. The van der Waals surface area contributed by atoms with Gasteiger partial charge in [-0.25, -0.2) is 0 Å². The molecule has 2 rings (SSSR count). The van der Waals surface area contributed by atoms with Crippen molar-refractivity contribution in [1.82, 2.24) is 15.0 Å². The zero-order valence-corrected chi connectivity index (χ0v) is 12.8. The Hall–Kier alpha value is -1.85. The fraction of sp³-hybridized carbons (Fsp3) is 0.667. The van der Waals surface area contributed by atoms with E-state index in [4.69, 9.17) is 4.74 Å². The van der Waals surface area contributed by atoms with Gasteiger partial charge in [0.05, 0.1) is 6.61 Å². The Morgan fingerprint density at radius 2 is 2.05 bits per heavy atom. The summed E-state index contributed by atoms with van der Waals surface area (Å²) in [6.45, 7) is 9.11. The third-order valence-corrected chi connectivity index (χ3v) is 3.36. The van der Waals surface area contributed by atoms with Crippen LogP contribution in [0.15, 0.2) is 12.7 Å². The molecule has 0 aliphatic carbocycles. The van der Waals surface area contributed by atoms with Crippen molar-refractivity contribution in [2.24, 2.45) is 0 Å². The molecule has 0 atom stereocenters. The Morgan fingerprint density at radius 3 is 2.76 bits per heavy atom. The molecule has 0 amide bonds. The number of rotatable bonds is 8. The number of unbranched alkanes of at least 4 members (excludes halogenated alkanes) is 1. The van der Waals surface area contributed by atoms with Gasteiger partial charge in [0.2, 0.25) is 11.9 Å². The van der Waals surface area contributed by atoms with Gasteiger partial charge in [0.25, 0.3) is 0 Å². The second-order valence-corrected chi connectivity index (χ2v) is 5.10. The summed E-state index contributed by atoms with van der Waals surface area (Å²) in [7, 11) is 0. The van der Waals surface area contributed by atoms with Crippen LogP contribution >= 0.6 is 0 Å². The number of piperidine rings is 1. The summed E-state index contributed by atoms with van der Waals surface area (Å²) in [5.41, 5.74) is 0. The molecule has 0 aromatic carbocycles. The Balaban J connectivity index is 2.07. The minimum absolute atomic E-state index is 0.408. The van der Waals surface area contributed by atoms with E-state index in [9.17, 15) is 0 Å². The normalized spacial score (nSPS) is 14.8. The summed E-state index contributed by atoms with van der Waals surface area (Å²) in [6.07, 6.45) is 7.41. The molecule has 0 spiro atoms. The second kappa shape index (κ2) is 8.44. The predicted octanol–water partition coefficient (Wildman–Crippen LogP) is 2.64. The number of anilines is 2. The van der Waals surface area contributed by atoms with E-state index in [1.807, 2.05) is 13.0 Å². The van der Waals surface area contributed by atoms with Crippen molar-refractivity contribution in [3.8, 4) is 6.01 Å². The lowest BCUT2D eigenvalue weighted by molar-refractivity contribution is 0.287. The highest BCUT2D eigenvalue weighted by Gasteiger charge is 2.16. The van der Waals surface area contributed by atoms with Crippen LogP contribution < -0.4 is 15.0 Å². The smallest absolute Gasteiger partial charge is 0.323 e. The summed E-state index contributed by atoms with van der Waals surface area (Å²) in [5, 5.41) is 3.14. The van der Waals surface area contributed by atoms with Crippen LogP contribution in [-0.4, -0.2) is 41.2 Å². The molecule has 1 aliphatic heterocycles. The van der Waals surface area contributed by atoms with Crippen LogP contribution in [0.3, 0.4) is 0 Å². The summed E-state index contributed by atoms with van der Waals surface area (Å²) in [5.74, 6) is 1.31. The highest BCUT2D eigenvalue weighted by molar-refractivity contribution is 5.38. The van der Waals surface area contributed by atoms with E-state index in [2.05, 4.69) is 31.7 Å². The molecule has 1 aliphatic rings. The third kappa shape index (κ3) is 4.88. The fourth-order valence-electron chi connectivity index (χ4n) is 2.27. The van der Waals surface area contributed by atoms with Gasteiger partial charge in [0, 0.05) is 19.6 Å². The Kier molecular flexibility index (Phi) is 6.24. The lowest BCUT2D eigenvalue weighted by Gasteiger charge is -2.26. The van der Waals surface area contributed by atoms with Gasteiger partial charge in [0.1, 0.15) is 0 Å². The Labute approximate surface area is 126 Å². The van der Waals surface area contributed by atoms with Crippen LogP contribution in [-0.2, 0) is 0 Å². The average molecular weight is 291 g/mol. The van der Waals surface area contributed by atoms with Crippen LogP contribution in [0.25, 0.3) is 0 Å². The fourth-order valence-corrected chi connectivity index (χ4v) is 2.27. The zero-order chi connectivity index (χ0) is 14.9. The van der Waals surface area contributed by atoms with E-state index in [0.717, 1.165) is 38.4 Å². The topological polar surface area (TPSA) is 63.2 Å². The number of nitrogens with one attached hydrogen (secondary N) is 1. The molecule has 6 nitrogen and oxygen atoms in total. The molecule has 0 unspecified atom stereocenters. The van der Waals surface area contributed by atoms with Crippen LogP contribution in [0.4, 0.5) is 11.9 Å². The van der Waals surface area contributed by atoms with E-state index < -0.39 is 0 Å². The first kappa shape index (κ1) is 15.5. The molecular formula is C15H25N5O. The van der Waals surface area contributed by atoms with Crippen molar-refractivity contribution < 1.29 is 4.74 Å². The summed E-state index contributed by atoms with van der Waals surface area (Å²) in [6, 6.07) is 0.408. The molecule has 6 heteroatoms. The predicted molar refractivity (Wildman–Crippen MR) is 85.0 cm³/mol. The molecule has 0 bridgehead atoms. The van der Waals surface area contributed by atoms with E-state index in [1.54, 1.807) is 0 Å². The van der Waals surface area contributed by atoms with E-state index in [0.29, 0.717) is 18.6 Å². The number of aromatic nitrogens is 3. The van der Waals surface area contributed by atoms with Crippen molar-refractivity contribution >= 4 is 11.9 Å². The molecule has 1 aromatic heterocycles. The second-order valence-electron chi connectivity index (χ2n) is 5.10. The molecule has 0 radical (unpaired) electrons. The summed E-state index contributed by atoms with van der Waals surface area (Å²) < 4.78 is 5.65.